The third kappa shape index (κ3) is 2.57. The summed E-state index contributed by atoms with van der Waals surface area (Å²) in [5.74, 6) is 1.05. The summed E-state index contributed by atoms with van der Waals surface area (Å²) in [7, 11) is 1.63. The maximum atomic E-state index is 9.87. The predicted octanol–water partition coefficient (Wildman–Crippen LogP) is 3.50. The van der Waals surface area contributed by atoms with E-state index in [0.717, 1.165) is 17.0 Å². The Bertz CT molecular complexity index is 622. The van der Waals surface area contributed by atoms with Crippen molar-refractivity contribution >= 4 is 5.69 Å². The van der Waals surface area contributed by atoms with E-state index >= 15 is 0 Å². The van der Waals surface area contributed by atoms with Gasteiger partial charge < -0.3 is 15.2 Å². The summed E-state index contributed by atoms with van der Waals surface area (Å²) in [4.78, 5) is 0. The number of fused-ring (bicyclic) bond motifs is 1. The second-order valence-corrected chi connectivity index (χ2v) is 5.19. The number of ether oxygens (including phenoxy) is 1. The molecular formula is C17H19NO2. The molecule has 0 saturated carbocycles. The molecule has 2 N–H and O–H groups in total. The summed E-state index contributed by atoms with van der Waals surface area (Å²) < 4.78 is 5.18. The molecule has 0 bridgehead atoms. The SMILES string of the molecule is COc1ccc(O)c(CNc2ccc3c(c2)CCC3)c1. The molecule has 2 aromatic carbocycles. The highest BCUT2D eigenvalue weighted by atomic mass is 16.5. The van der Waals surface area contributed by atoms with E-state index in [9.17, 15) is 5.11 Å². The Balaban J connectivity index is 1.73. The fraction of sp³-hybridized carbons (Fsp3) is 0.294. The average molecular weight is 269 g/mol. The summed E-state index contributed by atoms with van der Waals surface area (Å²) in [6.07, 6.45) is 3.64. The Morgan fingerprint density at radius 1 is 1.10 bits per heavy atom. The highest BCUT2D eigenvalue weighted by Gasteiger charge is 2.11. The van der Waals surface area contributed by atoms with Crippen LogP contribution in [0.3, 0.4) is 0 Å². The van der Waals surface area contributed by atoms with Gasteiger partial charge in [0.25, 0.3) is 0 Å². The highest BCUT2D eigenvalue weighted by molar-refractivity contribution is 5.51. The molecule has 1 aliphatic rings. The molecule has 2 aromatic rings. The molecule has 0 fully saturated rings. The van der Waals surface area contributed by atoms with Crippen LogP contribution in [0.4, 0.5) is 5.69 Å². The van der Waals surface area contributed by atoms with Gasteiger partial charge >= 0.3 is 0 Å². The van der Waals surface area contributed by atoms with Crippen molar-refractivity contribution in [1.82, 2.24) is 0 Å². The molecule has 0 atom stereocenters. The molecule has 3 rings (SSSR count). The smallest absolute Gasteiger partial charge is 0.120 e. The van der Waals surface area contributed by atoms with Crippen LogP contribution < -0.4 is 10.1 Å². The van der Waals surface area contributed by atoms with E-state index in [1.807, 2.05) is 6.07 Å². The van der Waals surface area contributed by atoms with E-state index in [4.69, 9.17) is 4.74 Å². The third-order valence-corrected chi connectivity index (χ3v) is 3.87. The Morgan fingerprint density at radius 2 is 1.95 bits per heavy atom. The van der Waals surface area contributed by atoms with Crippen LogP contribution >= 0.6 is 0 Å². The summed E-state index contributed by atoms with van der Waals surface area (Å²) in [5, 5.41) is 13.2. The predicted molar refractivity (Wildman–Crippen MR) is 80.5 cm³/mol. The summed E-state index contributed by atoms with van der Waals surface area (Å²) in [5.41, 5.74) is 4.86. The summed E-state index contributed by atoms with van der Waals surface area (Å²) in [6, 6.07) is 11.8. The molecular weight excluding hydrogens is 250 g/mol. The van der Waals surface area contributed by atoms with Crippen LogP contribution in [0.15, 0.2) is 36.4 Å². The van der Waals surface area contributed by atoms with E-state index in [1.54, 1.807) is 19.2 Å². The second-order valence-electron chi connectivity index (χ2n) is 5.19. The van der Waals surface area contributed by atoms with Gasteiger partial charge in [-0.15, -0.1) is 0 Å². The van der Waals surface area contributed by atoms with Crippen LogP contribution in [0.25, 0.3) is 0 Å². The number of aryl methyl sites for hydroxylation is 2. The van der Waals surface area contributed by atoms with Crippen molar-refractivity contribution in [2.75, 3.05) is 12.4 Å². The number of aromatic hydroxyl groups is 1. The van der Waals surface area contributed by atoms with Gasteiger partial charge in [-0.25, -0.2) is 0 Å². The van der Waals surface area contributed by atoms with Gasteiger partial charge in [-0.2, -0.15) is 0 Å². The molecule has 3 heteroatoms. The lowest BCUT2D eigenvalue weighted by Gasteiger charge is -2.11. The maximum absolute atomic E-state index is 9.87. The van der Waals surface area contributed by atoms with Gasteiger partial charge in [0.05, 0.1) is 7.11 Å². The first-order valence-corrected chi connectivity index (χ1v) is 6.98. The molecule has 0 aromatic heterocycles. The fourth-order valence-electron chi connectivity index (χ4n) is 2.71. The normalized spacial score (nSPS) is 13.1. The molecule has 0 amide bonds. The van der Waals surface area contributed by atoms with Crippen LogP contribution in [-0.4, -0.2) is 12.2 Å². The average Bonchev–Trinajstić information content (AvgIpc) is 2.94. The van der Waals surface area contributed by atoms with Crippen molar-refractivity contribution in [3.63, 3.8) is 0 Å². The van der Waals surface area contributed by atoms with Gasteiger partial charge in [0.1, 0.15) is 11.5 Å². The van der Waals surface area contributed by atoms with Gasteiger partial charge in [0, 0.05) is 17.8 Å². The van der Waals surface area contributed by atoms with E-state index in [1.165, 1.54) is 30.4 Å². The third-order valence-electron chi connectivity index (χ3n) is 3.87. The molecule has 104 valence electrons. The standard InChI is InChI=1S/C17H19NO2/c1-20-16-7-8-17(19)14(10-16)11-18-15-6-5-12-3-2-4-13(12)9-15/h5-10,18-19H,2-4,11H2,1H3. The first-order chi connectivity index (χ1) is 9.76. The van der Waals surface area contributed by atoms with E-state index < -0.39 is 0 Å². The zero-order valence-electron chi connectivity index (χ0n) is 11.6. The lowest BCUT2D eigenvalue weighted by molar-refractivity contribution is 0.411. The number of nitrogens with one attached hydrogen (secondary N) is 1. The monoisotopic (exact) mass is 269 g/mol. The number of phenols is 1. The first-order valence-electron chi connectivity index (χ1n) is 6.98. The number of phenolic OH excluding ortho intramolecular Hbond substituents is 1. The zero-order valence-corrected chi connectivity index (χ0v) is 11.6. The first kappa shape index (κ1) is 12.9. The molecule has 0 aliphatic heterocycles. The topological polar surface area (TPSA) is 41.5 Å². The van der Waals surface area contributed by atoms with Gasteiger partial charge in [0.2, 0.25) is 0 Å². The Morgan fingerprint density at radius 3 is 2.80 bits per heavy atom. The van der Waals surface area contributed by atoms with Crippen molar-refractivity contribution in [3.05, 3.63) is 53.1 Å². The minimum atomic E-state index is 0.291. The van der Waals surface area contributed by atoms with Gasteiger partial charge in [-0.1, -0.05) is 6.07 Å². The largest absolute Gasteiger partial charge is 0.508 e. The molecule has 0 saturated heterocycles. The van der Waals surface area contributed by atoms with Gasteiger partial charge in [0.15, 0.2) is 0 Å². The minimum Gasteiger partial charge on any atom is -0.508 e. The molecule has 0 heterocycles. The van der Waals surface area contributed by atoms with E-state index in [2.05, 4.69) is 23.5 Å². The van der Waals surface area contributed by atoms with Crippen molar-refractivity contribution in [2.45, 2.75) is 25.8 Å². The minimum absolute atomic E-state index is 0.291. The van der Waals surface area contributed by atoms with Gasteiger partial charge in [-0.05, 0) is 60.7 Å². The lowest BCUT2D eigenvalue weighted by atomic mass is 10.1. The van der Waals surface area contributed by atoms with E-state index in [-0.39, 0.29) is 0 Å². The van der Waals surface area contributed by atoms with Crippen LogP contribution in [-0.2, 0) is 19.4 Å². The van der Waals surface area contributed by atoms with Crippen LogP contribution in [0.2, 0.25) is 0 Å². The van der Waals surface area contributed by atoms with Crippen molar-refractivity contribution in [2.24, 2.45) is 0 Å². The van der Waals surface area contributed by atoms with Crippen LogP contribution in [0.1, 0.15) is 23.1 Å². The number of anilines is 1. The molecule has 3 nitrogen and oxygen atoms in total. The number of benzene rings is 2. The number of methoxy groups -OCH3 is 1. The molecule has 0 radical (unpaired) electrons. The van der Waals surface area contributed by atoms with Crippen molar-refractivity contribution < 1.29 is 9.84 Å². The molecule has 20 heavy (non-hydrogen) atoms. The molecule has 0 unspecified atom stereocenters. The zero-order chi connectivity index (χ0) is 13.9. The number of hydrogen-bond donors (Lipinski definition) is 2. The van der Waals surface area contributed by atoms with Crippen LogP contribution in [0, 0.1) is 0 Å². The number of hydrogen-bond acceptors (Lipinski definition) is 3. The fourth-order valence-corrected chi connectivity index (χ4v) is 2.71. The van der Waals surface area contributed by atoms with E-state index in [0.29, 0.717) is 12.3 Å². The quantitative estimate of drug-likeness (QED) is 0.892. The highest BCUT2D eigenvalue weighted by Crippen LogP contribution is 2.27. The van der Waals surface area contributed by atoms with Crippen molar-refractivity contribution in [3.8, 4) is 11.5 Å². The van der Waals surface area contributed by atoms with Gasteiger partial charge in [-0.3, -0.25) is 0 Å². The van der Waals surface area contributed by atoms with Crippen molar-refractivity contribution in [1.29, 1.82) is 0 Å². The Kier molecular flexibility index (Phi) is 3.50. The maximum Gasteiger partial charge on any atom is 0.120 e. The Labute approximate surface area is 119 Å². The second kappa shape index (κ2) is 5.45. The van der Waals surface area contributed by atoms with Crippen LogP contribution in [0.5, 0.6) is 11.5 Å². The number of rotatable bonds is 4. The molecule has 1 aliphatic carbocycles. The Hall–Kier alpha value is -2.16. The lowest BCUT2D eigenvalue weighted by Crippen LogP contribution is -2.01. The summed E-state index contributed by atoms with van der Waals surface area (Å²) in [6.45, 7) is 0.585. The summed E-state index contributed by atoms with van der Waals surface area (Å²) >= 11 is 0. The molecule has 0 spiro atoms.